The Morgan fingerprint density at radius 2 is 2.24 bits per heavy atom. The predicted octanol–water partition coefficient (Wildman–Crippen LogP) is 2.60. The highest BCUT2D eigenvalue weighted by atomic mass is 16.5. The van der Waals surface area contributed by atoms with Crippen LogP contribution in [0.5, 0.6) is 0 Å². The van der Waals surface area contributed by atoms with Gasteiger partial charge in [-0.15, -0.1) is 0 Å². The number of hydrogen-bond acceptors (Lipinski definition) is 3. The standard InChI is InChI=1S/C12H13NO4/c1-3-8-6-5-7-9(10(8)11(14)15)13-12(16)17-4-2/h3,5-7H,1,4H2,2H3,(H,13,16)(H,14,15). The predicted molar refractivity (Wildman–Crippen MR) is 64.1 cm³/mol. The van der Waals surface area contributed by atoms with Gasteiger partial charge in [0, 0.05) is 0 Å². The second-order valence-electron chi connectivity index (χ2n) is 3.12. The lowest BCUT2D eigenvalue weighted by molar-refractivity contribution is 0.0698. The van der Waals surface area contributed by atoms with Crippen LogP contribution in [0.2, 0.25) is 0 Å². The molecule has 1 aromatic carbocycles. The highest BCUT2D eigenvalue weighted by molar-refractivity contribution is 6.01. The maximum atomic E-state index is 11.2. The molecule has 0 aliphatic heterocycles. The average molecular weight is 235 g/mol. The second kappa shape index (κ2) is 5.69. The molecule has 17 heavy (non-hydrogen) atoms. The van der Waals surface area contributed by atoms with E-state index in [1.807, 2.05) is 0 Å². The van der Waals surface area contributed by atoms with Crippen LogP contribution < -0.4 is 5.32 Å². The van der Waals surface area contributed by atoms with Gasteiger partial charge in [-0.2, -0.15) is 0 Å². The third-order valence-electron chi connectivity index (χ3n) is 2.04. The van der Waals surface area contributed by atoms with Crippen molar-refractivity contribution >= 4 is 23.8 Å². The molecule has 0 fully saturated rings. The third-order valence-corrected chi connectivity index (χ3v) is 2.04. The molecule has 0 unspecified atom stereocenters. The Morgan fingerprint density at radius 3 is 2.76 bits per heavy atom. The lowest BCUT2D eigenvalue weighted by Gasteiger charge is -2.10. The van der Waals surface area contributed by atoms with Gasteiger partial charge in [-0.05, 0) is 18.6 Å². The van der Waals surface area contributed by atoms with Gasteiger partial charge in [0.25, 0.3) is 0 Å². The van der Waals surface area contributed by atoms with Crippen molar-refractivity contribution < 1.29 is 19.4 Å². The molecule has 0 spiro atoms. The van der Waals surface area contributed by atoms with Crippen LogP contribution in [-0.4, -0.2) is 23.8 Å². The summed E-state index contributed by atoms with van der Waals surface area (Å²) in [6.07, 6.45) is 0.732. The van der Waals surface area contributed by atoms with Crippen molar-refractivity contribution in [2.75, 3.05) is 11.9 Å². The van der Waals surface area contributed by atoms with E-state index in [0.717, 1.165) is 0 Å². The number of aromatic carboxylic acids is 1. The van der Waals surface area contributed by atoms with Gasteiger partial charge in [0.2, 0.25) is 0 Å². The minimum Gasteiger partial charge on any atom is -0.478 e. The Bertz CT molecular complexity index is 454. The molecule has 1 aromatic rings. The van der Waals surface area contributed by atoms with Gasteiger partial charge in [0.1, 0.15) is 0 Å². The van der Waals surface area contributed by atoms with Gasteiger partial charge in [-0.3, -0.25) is 5.32 Å². The molecule has 5 heteroatoms. The lowest BCUT2D eigenvalue weighted by atomic mass is 10.1. The molecule has 1 rings (SSSR count). The molecule has 0 saturated heterocycles. The second-order valence-corrected chi connectivity index (χ2v) is 3.12. The quantitative estimate of drug-likeness (QED) is 0.841. The summed E-state index contributed by atoms with van der Waals surface area (Å²) in [4.78, 5) is 22.3. The molecule has 0 atom stereocenters. The molecular formula is C12H13NO4. The van der Waals surface area contributed by atoms with E-state index < -0.39 is 12.1 Å². The average Bonchev–Trinajstić information content (AvgIpc) is 2.28. The number of carboxylic acids is 1. The van der Waals surface area contributed by atoms with Gasteiger partial charge in [-0.25, -0.2) is 9.59 Å². The highest BCUT2D eigenvalue weighted by Crippen LogP contribution is 2.21. The molecule has 0 aliphatic rings. The normalized spacial score (nSPS) is 9.47. The molecule has 90 valence electrons. The molecule has 5 nitrogen and oxygen atoms in total. The van der Waals surface area contributed by atoms with Crippen LogP contribution in [0.25, 0.3) is 6.08 Å². The van der Waals surface area contributed by atoms with E-state index in [2.05, 4.69) is 16.6 Å². The van der Waals surface area contributed by atoms with Crippen molar-refractivity contribution in [3.8, 4) is 0 Å². The number of ether oxygens (including phenoxy) is 1. The zero-order valence-electron chi connectivity index (χ0n) is 9.40. The van der Waals surface area contributed by atoms with Crippen LogP contribution in [0.4, 0.5) is 10.5 Å². The monoisotopic (exact) mass is 235 g/mol. The number of rotatable bonds is 4. The molecule has 0 saturated carbocycles. The summed E-state index contributed by atoms with van der Waals surface area (Å²) in [6.45, 7) is 5.41. The van der Waals surface area contributed by atoms with Gasteiger partial charge >= 0.3 is 12.1 Å². The molecule has 0 heterocycles. The fourth-order valence-electron chi connectivity index (χ4n) is 1.36. The largest absolute Gasteiger partial charge is 0.478 e. The molecule has 0 radical (unpaired) electrons. The molecular weight excluding hydrogens is 222 g/mol. The lowest BCUT2D eigenvalue weighted by Crippen LogP contribution is -2.16. The smallest absolute Gasteiger partial charge is 0.411 e. The maximum absolute atomic E-state index is 11.2. The Kier molecular flexibility index (Phi) is 4.28. The maximum Gasteiger partial charge on any atom is 0.411 e. The summed E-state index contributed by atoms with van der Waals surface area (Å²) < 4.78 is 4.69. The fraction of sp³-hybridized carbons (Fsp3) is 0.167. The third kappa shape index (κ3) is 3.07. The van der Waals surface area contributed by atoms with Crippen LogP contribution in [0, 0.1) is 0 Å². The Labute approximate surface area is 98.7 Å². The first-order chi connectivity index (χ1) is 8.10. The van der Waals surface area contributed by atoms with E-state index in [-0.39, 0.29) is 17.9 Å². The summed E-state index contributed by atoms with van der Waals surface area (Å²) in [7, 11) is 0. The first-order valence-electron chi connectivity index (χ1n) is 5.02. The number of carbonyl (C=O) groups excluding carboxylic acids is 1. The molecule has 0 aliphatic carbocycles. The van der Waals surface area contributed by atoms with Crippen LogP contribution in [0.1, 0.15) is 22.8 Å². The van der Waals surface area contributed by atoms with Crippen molar-refractivity contribution in [1.82, 2.24) is 0 Å². The van der Waals surface area contributed by atoms with E-state index in [0.29, 0.717) is 5.56 Å². The first-order valence-corrected chi connectivity index (χ1v) is 5.02. The summed E-state index contributed by atoms with van der Waals surface area (Å²) >= 11 is 0. The summed E-state index contributed by atoms with van der Waals surface area (Å²) in [5.41, 5.74) is 0.621. The molecule has 2 N–H and O–H groups in total. The highest BCUT2D eigenvalue weighted by Gasteiger charge is 2.15. The van der Waals surface area contributed by atoms with Gasteiger partial charge in [0.05, 0.1) is 17.9 Å². The van der Waals surface area contributed by atoms with Gasteiger partial charge < -0.3 is 9.84 Å². The van der Waals surface area contributed by atoms with E-state index in [1.165, 1.54) is 12.1 Å². The van der Waals surface area contributed by atoms with Crippen LogP contribution in [0.3, 0.4) is 0 Å². The Morgan fingerprint density at radius 1 is 1.53 bits per heavy atom. The van der Waals surface area contributed by atoms with Crippen molar-refractivity contribution in [2.24, 2.45) is 0 Å². The van der Waals surface area contributed by atoms with Crippen LogP contribution in [0.15, 0.2) is 24.8 Å². The van der Waals surface area contributed by atoms with Crippen LogP contribution in [-0.2, 0) is 4.74 Å². The number of carbonyl (C=O) groups is 2. The summed E-state index contributed by atoms with van der Waals surface area (Å²) in [6, 6.07) is 4.73. The van der Waals surface area contributed by atoms with Gasteiger partial charge in [-0.1, -0.05) is 24.8 Å². The van der Waals surface area contributed by atoms with Crippen molar-refractivity contribution in [3.63, 3.8) is 0 Å². The minimum absolute atomic E-state index is 0.00412. The molecule has 0 bridgehead atoms. The number of nitrogens with one attached hydrogen (secondary N) is 1. The summed E-state index contributed by atoms with van der Waals surface area (Å²) in [5, 5.41) is 11.5. The fourth-order valence-corrected chi connectivity index (χ4v) is 1.36. The molecule has 1 amide bonds. The Balaban J connectivity index is 3.10. The van der Waals surface area contributed by atoms with E-state index in [9.17, 15) is 9.59 Å². The topological polar surface area (TPSA) is 75.6 Å². The van der Waals surface area contributed by atoms with E-state index in [4.69, 9.17) is 5.11 Å². The van der Waals surface area contributed by atoms with Gasteiger partial charge in [0.15, 0.2) is 0 Å². The van der Waals surface area contributed by atoms with Crippen molar-refractivity contribution in [1.29, 1.82) is 0 Å². The zero-order valence-corrected chi connectivity index (χ0v) is 9.40. The number of hydrogen-bond donors (Lipinski definition) is 2. The number of amides is 1. The summed E-state index contributed by atoms with van der Waals surface area (Å²) in [5.74, 6) is -1.13. The van der Waals surface area contributed by atoms with Crippen molar-refractivity contribution in [3.05, 3.63) is 35.9 Å². The first kappa shape index (κ1) is 12.8. The van der Waals surface area contributed by atoms with Crippen molar-refractivity contribution in [2.45, 2.75) is 6.92 Å². The number of carboxylic acid groups (broad SMARTS) is 1. The van der Waals surface area contributed by atoms with E-state index >= 15 is 0 Å². The molecule has 0 aromatic heterocycles. The minimum atomic E-state index is -1.13. The SMILES string of the molecule is C=Cc1cccc(NC(=O)OCC)c1C(=O)O. The zero-order chi connectivity index (χ0) is 12.8. The van der Waals surface area contributed by atoms with E-state index in [1.54, 1.807) is 19.1 Å². The Hall–Kier alpha value is -2.30. The van der Waals surface area contributed by atoms with Crippen LogP contribution >= 0.6 is 0 Å². The number of benzene rings is 1. The number of anilines is 1.